The minimum atomic E-state index is -0.646. The first kappa shape index (κ1) is 16.1. The van der Waals surface area contributed by atoms with Crippen LogP contribution in [0.4, 0.5) is 5.82 Å². The van der Waals surface area contributed by atoms with E-state index in [-0.39, 0.29) is 0 Å². The van der Waals surface area contributed by atoms with Gasteiger partial charge in [0, 0.05) is 24.2 Å². The molecule has 0 amide bonds. The fraction of sp³-hybridized carbons (Fsp3) is 0.400. The van der Waals surface area contributed by atoms with Gasteiger partial charge in [-0.15, -0.1) is 0 Å². The molecule has 130 valence electrons. The number of rotatable bonds is 4. The molecule has 0 saturated heterocycles. The van der Waals surface area contributed by atoms with Crippen molar-refractivity contribution in [3.05, 3.63) is 48.7 Å². The molecule has 1 saturated carbocycles. The Bertz CT molecular complexity index is 861. The van der Waals surface area contributed by atoms with Gasteiger partial charge in [0.15, 0.2) is 5.65 Å². The first-order valence-electron chi connectivity index (χ1n) is 8.99. The van der Waals surface area contributed by atoms with E-state index in [1.54, 1.807) is 10.7 Å². The molecular weight excluding hydrogens is 312 g/mol. The van der Waals surface area contributed by atoms with Gasteiger partial charge < -0.3 is 10.4 Å². The number of anilines is 1. The van der Waals surface area contributed by atoms with E-state index in [1.807, 2.05) is 30.3 Å². The number of nitrogens with one attached hydrogen (secondary N) is 1. The number of nitrogens with zero attached hydrogens (tertiary/aromatic N) is 3. The number of benzene rings is 1. The Morgan fingerprint density at radius 1 is 1.28 bits per heavy atom. The van der Waals surface area contributed by atoms with Crippen LogP contribution in [0.25, 0.3) is 16.9 Å². The van der Waals surface area contributed by atoms with E-state index in [0.717, 1.165) is 42.0 Å². The molecular formula is C20H24N4O. The summed E-state index contributed by atoms with van der Waals surface area (Å²) in [5.74, 6) is 1.43. The minimum absolute atomic E-state index is 0.532. The maximum absolute atomic E-state index is 10.9. The quantitative estimate of drug-likeness (QED) is 0.762. The van der Waals surface area contributed by atoms with Crippen LogP contribution in [0.3, 0.4) is 0 Å². The zero-order valence-electron chi connectivity index (χ0n) is 14.5. The summed E-state index contributed by atoms with van der Waals surface area (Å²) in [5.41, 5.74) is 2.13. The van der Waals surface area contributed by atoms with Gasteiger partial charge in [-0.25, -0.2) is 4.98 Å². The SMILES string of the molecule is CC1CCCC(O)(CNc2cc(-c3ccccc3)nc3ccnn23)C1. The highest BCUT2D eigenvalue weighted by Gasteiger charge is 2.32. The van der Waals surface area contributed by atoms with Crippen molar-refractivity contribution in [2.75, 3.05) is 11.9 Å². The van der Waals surface area contributed by atoms with Crippen LogP contribution in [-0.2, 0) is 0 Å². The summed E-state index contributed by atoms with van der Waals surface area (Å²) in [5, 5.41) is 18.7. The van der Waals surface area contributed by atoms with Crippen molar-refractivity contribution < 1.29 is 5.11 Å². The Hall–Kier alpha value is -2.40. The number of aromatic nitrogens is 3. The Balaban J connectivity index is 1.63. The lowest BCUT2D eigenvalue weighted by molar-refractivity contribution is -0.000855. The van der Waals surface area contributed by atoms with Gasteiger partial charge in [0.25, 0.3) is 0 Å². The van der Waals surface area contributed by atoms with E-state index in [1.165, 1.54) is 6.42 Å². The van der Waals surface area contributed by atoms with Crippen LogP contribution in [0.5, 0.6) is 0 Å². The summed E-state index contributed by atoms with van der Waals surface area (Å²) in [4.78, 5) is 4.69. The molecule has 0 bridgehead atoms. The molecule has 2 atom stereocenters. The maximum Gasteiger partial charge on any atom is 0.157 e. The third kappa shape index (κ3) is 3.37. The van der Waals surface area contributed by atoms with Crippen LogP contribution >= 0.6 is 0 Å². The molecule has 5 nitrogen and oxygen atoms in total. The molecule has 0 spiro atoms. The average molecular weight is 336 g/mol. The number of hydrogen-bond donors (Lipinski definition) is 2. The third-order valence-electron chi connectivity index (χ3n) is 5.09. The van der Waals surface area contributed by atoms with Crippen molar-refractivity contribution in [2.24, 2.45) is 5.92 Å². The van der Waals surface area contributed by atoms with Gasteiger partial charge in [-0.2, -0.15) is 9.61 Å². The maximum atomic E-state index is 10.9. The van der Waals surface area contributed by atoms with E-state index in [0.29, 0.717) is 12.5 Å². The monoisotopic (exact) mass is 336 g/mol. The summed E-state index contributed by atoms with van der Waals surface area (Å²) < 4.78 is 1.79. The van der Waals surface area contributed by atoms with Crippen molar-refractivity contribution in [3.63, 3.8) is 0 Å². The van der Waals surface area contributed by atoms with Gasteiger partial charge in [0.1, 0.15) is 5.82 Å². The molecule has 2 aromatic heterocycles. The van der Waals surface area contributed by atoms with Gasteiger partial charge >= 0.3 is 0 Å². The molecule has 25 heavy (non-hydrogen) atoms. The molecule has 2 unspecified atom stereocenters. The fourth-order valence-electron chi connectivity index (χ4n) is 3.84. The Kier molecular flexibility index (Phi) is 4.17. The minimum Gasteiger partial charge on any atom is -0.388 e. The highest BCUT2D eigenvalue weighted by atomic mass is 16.3. The summed E-state index contributed by atoms with van der Waals surface area (Å²) in [6.45, 7) is 2.75. The molecule has 2 N–H and O–H groups in total. The van der Waals surface area contributed by atoms with Crippen molar-refractivity contribution in [3.8, 4) is 11.3 Å². The molecule has 3 aromatic rings. The Morgan fingerprint density at radius 2 is 2.12 bits per heavy atom. The molecule has 0 aliphatic heterocycles. The number of fused-ring (bicyclic) bond motifs is 1. The van der Waals surface area contributed by atoms with Crippen LogP contribution in [-0.4, -0.2) is 31.9 Å². The molecule has 1 aromatic carbocycles. The van der Waals surface area contributed by atoms with Gasteiger partial charge in [0.2, 0.25) is 0 Å². The van der Waals surface area contributed by atoms with Gasteiger partial charge in [-0.05, 0) is 18.8 Å². The van der Waals surface area contributed by atoms with Gasteiger partial charge in [-0.3, -0.25) is 0 Å². The Labute approximate surface area is 147 Å². The summed E-state index contributed by atoms with van der Waals surface area (Å²) in [6.07, 6.45) is 5.74. The van der Waals surface area contributed by atoms with Crippen LogP contribution in [0.1, 0.15) is 32.6 Å². The summed E-state index contributed by atoms with van der Waals surface area (Å²) in [6, 6.07) is 14.0. The molecule has 1 fully saturated rings. The lowest BCUT2D eigenvalue weighted by Gasteiger charge is -2.35. The topological polar surface area (TPSA) is 62.5 Å². The highest BCUT2D eigenvalue weighted by Crippen LogP contribution is 2.32. The second-order valence-electron chi connectivity index (χ2n) is 7.27. The van der Waals surface area contributed by atoms with E-state index in [2.05, 4.69) is 34.5 Å². The Morgan fingerprint density at radius 3 is 2.92 bits per heavy atom. The second-order valence-corrected chi connectivity index (χ2v) is 7.27. The standard InChI is InChI=1S/C20H24N4O/c1-15-6-5-10-20(25,13-15)14-21-19-12-17(16-7-3-2-4-8-16)23-18-9-11-22-24(18)19/h2-4,7-9,11-12,15,21,25H,5-6,10,13-14H2,1H3. The van der Waals surface area contributed by atoms with E-state index in [9.17, 15) is 5.11 Å². The predicted molar refractivity (Wildman–Crippen MR) is 99.5 cm³/mol. The van der Waals surface area contributed by atoms with Crippen molar-refractivity contribution in [1.82, 2.24) is 14.6 Å². The van der Waals surface area contributed by atoms with Crippen LogP contribution < -0.4 is 5.32 Å². The van der Waals surface area contributed by atoms with E-state index >= 15 is 0 Å². The van der Waals surface area contributed by atoms with Crippen molar-refractivity contribution in [2.45, 2.75) is 38.2 Å². The van der Waals surface area contributed by atoms with Crippen LogP contribution in [0.15, 0.2) is 48.7 Å². The van der Waals surface area contributed by atoms with Crippen LogP contribution in [0, 0.1) is 5.92 Å². The number of aliphatic hydroxyl groups is 1. The second kappa shape index (κ2) is 6.48. The predicted octanol–water partition coefficient (Wildman–Crippen LogP) is 3.75. The molecule has 4 rings (SSSR count). The fourth-order valence-corrected chi connectivity index (χ4v) is 3.84. The lowest BCUT2D eigenvalue weighted by Crippen LogP contribution is -2.41. The first-order chi connectivity index (χ1) is 12.1. The van der Waals surface area contributed by atoms with Crippen molar-refractivity contribution in [1.29, 1.82) is 0 Å². The molecule has 1 aliphatic carbocycles. The summed E-state index contributed by atoms with van der Waals surface area (Å²) >= 11 is 0. The largest absolute Gasteiger partial charge is 0.388 e. The normalized spacial score (nSPS) is 23.7. The molecule has 2 heterocycles. The van der Waals surface area contributed by atoms with Crippen LogP contribution in [0.2, 0.25) is 0 Å². The molecule has 0 radical (unpaired) electrons. The third-order valence-corrected chi connectivity index (χ3v) is 5.09. The highest BCUT2D eigenvalue weighted by molar-refractivity contribution is 5.66. The summed E-state index contributed by atoms with van der Waals surface area (Å²) in [7, 11) is 0. The van der Waals surface area contributed by atoms with E-state index < -0.39 is 5.60 Å². The van der Waals surface area contributed by atoms with E-state index in [4.69, 9.17) is 0 Å². The lowest BCUT2D eigenvalue weighted by atomic mass is 9.79. The van der Waals surface area contributed by atoms with Crippen molar-refractivity contribution >= 4 is 11.5 Å². The molecule has 5 heteroatoms. The zero-order chi connectivity index (χ0) is 17.3. The molecule has 1 aliphatic rings. The number of hydrogen-bond acceptors (Lipinski definition) is 4. The average Bonchev–Trinajstić information content (AvgIpc) is 3.09. The zero-order valence-corrected chi connectivity index (χ0v) is 14.5. The van der Waals surface area contributed by atoms with Gasteiger partial charge in [-0.1, -0.05) is 50.1 Å². The van der Waals surface area contributed by atoms with Gasteiger partial charge in [0.05, 0.1) is 17.5 Å². The smallest absolute Gasteiger partial charge is 0.157 e. The first-order valence-corrected chi connectivity index (χ1v) is 8.99.